The summed E-state index contributed by atoms with van der Waals surface area (Å²) in [6.45, 7) is 0. The number of halogens is 1. The van der Waals surface area contributed by atoms with Crippen LogP contribution >= 0.6 is 27.3 Å². The third-order valence-electron chi connectivity index (χ3n) is 2.92. The molecule has 0 aliphatic heterocycles. The highest BCUT2D eigenvalue weighted by Crippen LogP contribution is 2.28. The summed E-state index contributed by atoms with van der Waals surface area (Å²) in [5, 5.41) is 7.83. The van der Waals surface area contributed by atoms with E-state index in [0.717, 1.165) is 26.5 Å². The first-order valence-electron chi connectivity index (χ1n) is 6.18. The van der Waals surface area contributed by atoms with Gasteiger partial charge in [-0.15, -0.1) is 21.5 Å². The van der Waals surface area contributed by atoms with E-state index in [1.807, 2.05) is 7.05 Å². The fraction of sp³-hybridized carbons (Fsp3) is 0.0769. The lowest BCUT2D eigenvalue weighted by molar-refractivity contribution is 0.603. The summed E-state index contributed by atoms with van der Waals surface area (Å²) >= 11 is 4.42. The Bertz CT molecular complexity index is 900. The van der Waals surface area contributed by atoms with Crippen LogP contribution in [0.1, 0.15) is 0 Å². The second-order valence-corrected chi connectivity index (χ2v) is 8.88. The molecule has 0 spiro atoms. The van der Waals surface area contributed by atoms with E-state index in [2.05, 4.69) is 30.8 Å². The summed E-state index contributed by atoms with van der Waals surface area (Å²) < 4.78 is 29.8. The summed E-state index contributed by atoms with van der Waals surface area (Å²) in [7, 11) is -1.71. The lowest BCUT2D eigenvalue weighted by atomic mass is 10.2. The van der Waals surface area contributed by atoms with Gasteiger partial charge in [-0.3, -0.25) is 4.72 Å². The monoisotopic (exact) mass is 398 g/mol. The molecule has 6 nitrogen and oxygen atoms in total. The van der Waals surface area contributed by atoms with Crippen molar-refractivity contribution in [3.63, 3.8) is 0 Å². The van der Waals surface area contributed by atoms with Gasteiger partial charge in [-0.1, -0.05) is 0 Å². The number of anilines is 1. The van der Waals surface area contributed by atoms with Crippen LogP contribution in [0.2, 0.25) is 0 Å². The Hall–Kier alpha value is -1.71. The van der Waals surface area contributed by atoms with Crippen molar-refractivity contribution < 1.29 is 8.42 Å². The molecule has 0 amide bonds. The third kappa shape index (κ3) is 3.06. The second kappa shape index (κ2) is 5.82. The minimum atomic E-state index is -3.56. The molecule has 22 heavy (non-hydrogen) atoms. The van der Waals surface area contributed by atoms with Crippen molar-refractivity contribution >= 4 is 43.0 Å². The van der Waals surface area contributed by atoms with Gasteiger partial charge in [0, 0.05) is 18.3 Å². The molecule has 0 bridgehead atoms. The van der Waals surface area contributed by atoms with Crippen LogP contribution in [0.25, 0.3) is 11.4 Å². The van der Waals surface area contributed by atoms with Crippen LogP contribution in [0.5, 0.6) is 0 Å². The van der Waals surface area contributed by atoms with Crippen LogP contribution in [0.15, 0.2) is 50.7 Å². The Morgan fingerprint density at radius 3 is 2.45 bits per heavy atom. The number of nitrogens with zero attached hydrogens (tertiary/aromatic N) is 3. The first kappa shape index (κ1) is 15.2. The molecule has 0 atom stereocenters. The van der Waals surface area contributed by atoms with Crippen molar-refractivity contribution in [2.24, 2.45) is 7.05 Å². The number of hydrogen-bond donors (Lipinski definition) is 1. The zero-order valence-electron chi connectivity index (χ0n) is 11.4. The number of sulfonamides is 1. The van der Waals surface area contributed by atoms with E-state index in [1.54, 1.807) is 47.3 Å². The lowest BCUT2D eigenvalue weighted by Crippen LogP contribution is -2.11. The molecule has 3 aromatic rings. The molecule has 3 rings (SSSR count). The fourth-order valence-electron chi connectivity index (χ4n) is 1.88. The molecule has 0 saturated carbocycles. The molecule has 0 unspecified atom stereocenters. The van der Waals surface area contributed by atoms with Gasteiger partial charge in [0.2, 0.25) is 0 Å². The molecule has 1 aromatic carbocycles. The van der Waals surface area contributed by atoms with Crippen LogP contribution in [0, 0.1) is 0 Å². The summed E-state index contributed by atoms with van der Waals surface area (Å²) in [4.78, 5) is 0. The quantitative estimate of drug-likeness (QED) is 0.732. The standard InChI is InChI=1S/C13H11BrN4O2S2/c1-18-8-15-16-13(18)9-2-4-10(5-3-9)17-22(19,20)12-7-6-11(14)21-12/h2-8,17H,1H3. The Labute approximate surface area is 140 Å². The molecule has 0 saturated heterocycles. The highest BCUT2D eigenvalue weighted by atomic mass is 79.9. The fourth-order valence-corrected chi connectivity index (χ4v) is 4.95. The number of aryl methyl sites for hydroxylation is 1. The van der Waals surface area contributed by atoms with Crippen LogP contribution in [0.3, 0.4) is 0 Å². The van der Waals surface area contributed by atoms with Crippen LogP contribution in [-0.4, -0.2) is 23.2 Å². The number of hydrogen-bond acceptors (Lipinski definition) is 5. The molecule has 0 fully saturated rings. The molecule has 2 aromatic heterocycles. The largest absolute Gasteiger partial charge is 0.317 e. The summed E-state index contributed by atoms with van der Waals surface area (Å²) in [5.74, 6) is 0.719. The Kier molecular flexibility index (Phi) is 4.02. The molecule has 9 heteroatoms. The third-order valence-corrected chi connectivity index (χ3v) is 6.42. The summed E-state index contributed by atoms with van der Waals surface area (Å²) in [5.41, 5.74) is 1.36. The molecule has 0 radical (unpaired) electrons. The van der Waals surface area contributed by atoms with Gasteiger partial charge in [-0.25, -0.2) is 8.42 Å². The maximum absolute atomic E-state index is 12.2. The Balaban J connectivity index is 1.84. The van der Waals surface area contributed by atoms with Crippen molar-refractivity contribution in [2.75, 3.05) is 4.72 Å². The molecule has 1 N–H and O–H groups in total. The van der Waals surface area contributed by atoms with Gasteiger partial charge in [0.15, 0.2) is 5.82 Å². The normalized spacial score (nSPS) is 11.5. The van der Waals surface area contributed by atoms with Crippen molar-refractivity contribution in [3.8, 4) is 11.4 Å². The van der Waals surface area contributed by atoms with Gasteiger partial charge in [0.25, 0.3) is 10.0 Å². The van der Waals surface area contributed by atoms with Gasteiger partial charge >= 0.3 is 0 Å². The predicted molar refractivity (Wildman–Crippen MR) is 89.3 cm³/mol. The van der Waals surface area contributed by atoms with E-state index in [0.29, 0.717) is 5.69 Å². The van der Waals surface area contributed by atoms with E-state index in [9.17, 15) is 8.42 Å². The van der Waals surface area contributed by atoms with E-state index < -0.39 is 10.0 Å². The average Bonchev–Trinajstić information content (AvgIpc) is 3.08. The maximum atomic E-state index is 12.2. The van der Waals surface area contributed by atoms with Crippen LogP contribution < -0.4 is 4.72 Å². The molecule has 0 aliphatic rings. The molecule has 0 aliphatic carbocycles. The van der Waals surface area contributed by atoms with Crippen LogP contribution in [0.4, 0.5) is 5.69 Å². The van der Waals surface area contributed by atoms with Crippen molar-refractivity contribution in [1.29, 1.82) is 0 Å². The number of rotatable bonds is 4. The number of thiophene rings is 1. The molecular formula is C13H11BrN4O2S2. The first-order chi connectivity index (χ1) is 10.5. The first-order valence-corrected chi connectivity index (χ1v) is 9.27. The van der Waals surface area contributed by atoms with Gasteiger partial charge in [-0.2, -0.15) is 0 Å². The van der Waals surface area contributed by atoms with E-state index >= 15 is 0 Å². The molecule has 2 heterocycles. The summed E-state index contributed by atoms with van der Waals surface area (Å²) in [6.07, 6.45) is 1.61. The zero-order valence-corrected chi connectivity index (χ0v) is 14.6. The van der Waals surface area contributed by atoms with Gasteiger partial charge in [-0.05, 0) is 52.3 Å². The lowest BCUT2D eigenvalue weighted by Gasteiger charge is -2.07. The molecular weight excluding hydrogens is 388 g/mol. The molecule has 114 valence electrons. The highest BCUT2D eigenvalue weighted by molar-refractivity contribution is 9.11. The Morgan fingerprint density at radius 1 is 1.18 bits per heavy atom. The van der Waals surface area contributed by atoms with Gasteiger partial charge < -0.3 is 4.57 Å². The zero-order chi connectivity index (χ0) is 15.7. The SMILES string of the molecule is Cn1cnnc1-c1ccc(NS(=O)(=O)c2ccc(Br)s2)cc1. The minimum absolute atomic E-state index is 0.261. The van der Waals surface area contributed by atoms with Crippen molar-refractivity contribution in [1.82, 2.24) is 14.8 Å². The van der Waals surface area contributed by atoms with E-state index in [-0.39, 0.29) is 4.21 Å². The smallest absolute Gasteiger partial charge is 0.271 e. The van der Waals surface area contributed by atoms with Gasteiger partial charge in [0.05, 0.1) is 3.79 Å². The highest BCUT2D eigenvalue weighted by Gasteiger charge is 2.16. The Morgan fingerprint density at radius 2 is 1.91 bits per heavy atom. The van der Waals surface area contributed by atoms with Crippen LogP contribution in [-0.2, 0) is 17.1 Å². The second-order valence-electron chi connectivity index (χ2n) is 4.51. The number of aromatic nitrogens is 3. The predicted octanol–water partition coefficient (Wildman–Crippen LogP) is 3.11. The number of nitrogens with one attached hydrogen (secondary N) is 1. The topological polar surface area (TPSA) is 76.9 Å². The van der Waals surface area contributed by atoms with E-state index in [4.69, 9.17) is 0 Å². The van der Waals surface area contributed by atoms with E-state index in [1.165, 1.54) is 0 Å². The average molecular weight is 399 g/mol. The minimum Gasteiger partial charge on any atom is -0.317 e. The van der Waals surface area contributed by atoms with Crippen molar-refractivity contribution in [2.45, 2.75) is 4.21 Å². The van der Waals surface area contributed by atoms with Gasteiger partial charge in [0.1, 0.15) is 10.5 Å². The summed E-state index contributed by atoms with van der Waals surface area (Å²) in [6, 6.07) is 10.3. The maximum Gasteiger partial charge on any atom is 0.271 e. The van der Waals surface area contributed by atoms with Crippen molar-refractivity contribution in [3.05, 3.63) is 46.5 Å². The number of benzene rings is 1.